The highest BCUT2D eigenvalue weighted by molar-refractivity contribution is 5.93. The molecule has 1 aromatic carbocycles. The predicted octanol–water partition coefficient (Wildman–Crippen LogP) is 6.47. The molecular formula is C45H72N8O7. The van der Waals surface area contributed by atoms with E-state index in [1.54, 1.807) is 13.2 Å². The molecule has 15 nitrogen and oxygen atoms in total. The summed E-state index contributed by atoms with van der Waals surface area (Å²) >= 11 is 0. The van der Waals surface area contributed by atoms with Crippen molar-refractivity contribution in [2.45, 2.75) is 160 Å². The lowest BCUT2D eigenvalue weighted by molar-refractivity contribution is -0.122. The summed E-state index contributed by atoms with van der Waals surface area (Å²) in [6, 6.07) is 14.1. The van der Waals surface area contributed by atoms with Gasteiger partial charge in [-0.1, -0.05) is 93.0 Å². The number of hydrogen-bond donors (Lipinski definition) is 5. The Morgan fingerprint density at radius 1 is 0.833 bits per heavy atom. The van der Waals surface area contributed by atoms with E-state index in [-0.39, 0.29) is 29.7 Å². The van der Waals surface area contributed by atoms with Gasteiger partial charge in [0.05, 0.1) is 6.61 Å². The Hall–Kier alpha value is -4.60. The highest BCUT2D eigenvalue weighted by atomic mass is 16.5. The largest absolute Gasteiger partial charge is 0.383 e. The molecule has 3 aromatic rings. The van der Waals surface area contributed by atoms with E-state index in [4.69, 9.17) is 25.3 Å². The van der Waals surface area contributed by atoms with Crippen LogP contribution in [0.5, 0.6) is 0 Å². The third-order valence-electron chi connectivity index (χ3n) is 10.4. The van der Waals surface area contributed by atoms with Crippen molar-refractivity contribution >= 4 is 23.6 Å². The Bertz CT molecular complexity index is 1660. The maximum absolute atomic E-state index is 12.8. The highest BCUT2D eigenvalue weighted by Gasteiger charge is 2.32. The van der Waals surface area contributed by atoms with Crippen LogP contribution in [0.25, 0.3) is 0 Å². The Morgan fingerprint density at radius 3 is 1.88 bits per heavy atom. The summed E-state index contributed by atoms with van der Waals surface area (Å²) in [4.78, 5) is 47.6. The molecule has 1 unspecified atom stereocenters. The number of aromatic nitrogens is 2. The van der Waals surface area contributed by atoms with Gasteiger partial charge in [-0.15, -0.1) is 0 Å². The number of methoxy groups -OCH3 is 1. The van der Waals surface area contributed by atoms with Crippen molar-refractivity contribution in [3.05, 3.63) is 70.9 Å². The van der Waals surface area contributed by atoms with Gasteiger partial charge >= 0.3 is 0 Å². The normalized spacial score (nSPS) is 16.7. The molecule has 60 heavy (non-hydrogen) atoms. The molecule has 7 rings (SSSR count). The quantitative estimate of drug-likeness (QED) is 0.111. The zero-order valence-electron chi connectivity index (χ0n) is 36.5. The van der Waals surface area contributed by atoms with E-state index in [0.717, 1.165) is 68.5 Å². The summed E-state index contributed by atoms with van der Waals surface area (Å²) in [5.41, 5.74) is 17.0. The molecule has 334 valence electrons. The van der Waals surface area contributed by atoms with Gasteiger partial charge in [0.15, 0.2) is 11.4 Å². The second-order valence-corrected chi connectivity index (χ2v) is 15.8. The number of ether oxygens (including phenoxy) is 1. The maximum Gasteiger partial charge on any atom is 0.276 e. The van der Waals surface area contributed by atoms with Crippen LogP contribution < -0.4 is 27.8 Å². The molecule has 4 amide bonds. The maximum atomic E-state index is 12.8. The van der Waals surface area contributed by atoms with Crippen LogP contribution in [-0.2, 0) is 20.9 Å². The molecule has 0 bridgehead atoms. The number of carbonyl (C=O) groups is 4. The number of carbonyl (C=O) groups excluding carboxylic acids is 4. The Kier molecular flexibility index (Phi) is 23.2. The van der Waals surface area contributed by atoms with Crippen molar-refractivity contribution in [1.82, 2.24) is 25.8 Å². The van der Waals surface area contributed by atoms with Gasteiger partial charge in [-0.3, -0.25) is 19.2 Å². The summed E-state index contributed by atoms with van der Waals surface area (Å²) in [5, 5.41) is 13.7. The fourth-order valence-corrected chi connectivity index (χ4v) is 6.92. The summed E-state index contributed by atoms with van der Waals surface area (Å²) in [6.45, 7) is 7.92. The first-order valence-corrected chi connectivity index (χ1v) is 22.2. The monoisotopic (exact) mass is 837 g/mol. The molecule has 8 N–H and O–H groups in total. The minimum Gasteiger partial charge on any atom is -0.383 e. The van der Waals surface area contributed by atoms with Crippen molar-refractivity contribution in [1.29, 1.82) is 0 Å². The van der Waals surface area contributed by atoms with Crippen LogP contribution in [0.3, 0.4) is 0 Å². The number of amides is 4. The number of nitrogens with zero attached hydrogens (tertiary/aromatic N) is 3. The average Bonchev–Trinajstić information content (AvgIpc) is 4.19. The van der Waals surface area contributed by atoms with E-state index in [1.807, 2.05) is 62.1 Å². The summed E-state index contributed by atoms with van der Waals surface area (Å²) in [5.74, 6) is 2.26. The zero-order valence-corrected chi connectivity index (χ0v) is 36.5. The topological polar surface area (TPSA) is 235 Å². The molecule has 4 fully saturated rings. The van der Waals surface area contributed by atoms with Gasteiger partial charge in [-0.25, -0.2) is 0 Å². The minimum atomic E-state index is -0.336. The van der Waals surface area contributed by atoms with Crippen LogP contribution in [0, 0.1) is 0 Å². The Labute approximate surface area is 356 Å². The lowest BCUT2D eigenvalue weighted by Crippen LogP contribution is -2.43. The fourth-order valence-electron chi connectivity index (χ4n) is 6.92. The number of rotatable bonds is 15. The summed E-state index contributed by atoms with van der Waals surface area (Å²) < 4.78 is 15.6. The molecular weight excluding hydrogens is 765 g/mol. The molecule has 0 radical (unpaired) electrons. The van der Waals surface area contributed by atoms with E-state index in [9.17, 15) is 19.2 Å². The molecule has 4 aliphatic rings. The SMILES string of the molecule is CC.CC(N)CC(=O)NC1CCCCC1.COCCN(C(=O)c1cc(C2CC2)on1)C1CCCCC1.NCCC(N)=O.O=C(NCc1ccccc1)c1cc(C2CC2)on1. The molecule has 2 aromatic heterocycles. The van der Waals surface area contributed by atoms with Crippen LogP contribution in [0.15, 0.2) is 51.5 Å². The number of nitrogens with two attached hydrogens (primary N) is 3. The van der Waals surface area contributed by atoms with Gasteiger partial charge in [0, 0.05) is 81.7 Å². The van der Waals surface area contributed by atoms with Gasteiger partial charge in [0.25, 0.3) is 11.8 Å². The first kappa shape index (κ1) is 49.8. The van der Waals surface area contributed by atoms with E-state index < -0.39 is 0 Å². The van der Waals surface area contributed by atoms with E-state index in [2.05, 4.69) is 26.7 Å². The number of hydrogen-bond acceptors (Lipinski definition) is 11. The number of nitrogens with one attached hydrogen (secondary N) is 2. The molecule has 0 aliphatic heterocycles. The number of primary amides is 1. The Balaban J connectivity index is 0.000000225. The fraction of sp³-hybridized carbons (Fsp3) is 0.644. The lowest BCUT2D eigenvalue weighted by atomic mass is 9.94. The first-order chi connectivity index (χ1) is 29.1. The predicted molar refractivity (Wildman–Crippen MR) is 232 cm³/mol. The van der Waals surface area contributed by atoms with Crippen LogP contribution in [0.2, 0.25) is 0 Å². The highest BCUT2D eigenvalue weighted by Crippen LogP contribution is 2.41. The standard InChI is InChI=1S/C16H24N2O3.C14H14N2O2.C10H20N2O.C3H8N2O.C2H6/c1-20-10-9-18(13-5-3-2-4-6-13)16(19)14-11-15(21-17-14)12-7-8-12;17-14(15-9-10-4-2-1-3-5-10)12-8-13(18-16-12)11-6-7-11;1-8(11)7-10(13)12-9-5-3-2-4-6-9;4-2-1-3(5)6;1-2/h11-13H,2-10H2,1H3;1-5,8,11H,6-7,9H2,(H,15,17);8-9H,2-7,11H2,1H3,(H,12,13);1-2,4H2,(H2,5,6);1-2H3. The van der Waals surface area contributed by atoms with Crippen LogP contribution in [0.1, 0.15) is 173 Å². The molecule has 0 spiro atoms. The third-order valence-corrected chi connectivity index (χ3v) is 10.4. The second kappa shape index (κ2) is 28.0. The van der Waals surface area contributed by atoms with Gasteiger partial charge in [-0.2, -0.15) is 0 Å². The van der Waals surface area contributed by atoms with Gasteiger partial charge in [-0.05, 0) is 63.9 Å². The van der Waals surface area contributed by atoms with E-state index in [0.29, 0.717) is 74.4 Å². The first-order valence-electron chi connectivity index (χ1n) is 22.2. The molecule has 15 heteroatoms. The average molecular weight is 837 g/mol. The van der Waals surface area contributed by atoms with Gasteiger partial charge in [0.2, 0.25) is 11.8 Å². The Morgan fingerprint density at radius 2 is 1.38 bits per heavy atom. The minimum absolute atomic E-state index is 0.00500. The van der Waals surface area contributed by atoms with Crippen molar-refractivity contribution < 1.29 is 33.0 Å². The third kappa shape index (κ3) is 19.2. The second-order valence-electron chi connectivity index (χ2n) is 15.8. The molecule has 4 aliphatic carbocycles. The van der Waals surface area contributed by atoms with Gasteiger partial charge < -0.3 is 46.5 Å². The molecule has 0 saturated heterocycles. The van der Waals surface area contributed by atoms with E-state index >= 15 is 0 Å². The van der Waals surface area contributed by atoms with Crippen molar-refractivity contribution in [3.63, 3.8) is 0 Å². The lowest BCUT2D eigenvalue weighted by Gasteiger charge is -2.33. The summed E-state index contributed by atoms with van der Waals surface area (Å²) in [6.07, 6.45) is 17.3. The zero-order chi connectivity index (χ0) is 43.7. The van der Waals surface area contributed by atoms with Crippen molar-refractivity contribution in [2.75, 3.05) is 26.8 Å². The van der Waals surface area contributed by atoms with Gasteiger partial charge in [0.1, 0.15) is 11.5 Å². The summed E-state index contributed by atoms with van der Waals surface area (Å²) in [7, 11) is 1.67. The van der Waals surface area contributed by atoms with Crippen LogP contribution in [-0.4, -0.2) is 83.8 Å². The molecule has 2 heterocycles. The van der Waals surface area contributed by atoms with Crippen LogP contribution >= 0.6 is 0 Å². The smallest absolute Gasteiger partial charge is 0.276 e. The van der Waals surface area contributed by atoms with Crippen molar-refractivity contribution in [3.8, 4) is 0 Å². The molecule has 4 saturated carbocycles. The molecule has 1 atom stereocenters. The number of benzene rings is 1. The van der Waals surface area contributed by atoms with E-state index in [1.165, 1.54) is 38.5 Å². The van der Waals surface area contributed by atoms with Crippen LogP contribution in [0.4, 0.5) is 0 Å². The van der Waals surface area contributed by atoms with Crippen molar-refractivity contribution in [2.24, 2.45) is 17.2 Å².